The zero-order chi connectivity index (χ0) is 20.1. The van der Waals surface area contributed by atoms with Gasteiger partial charge in [-0.1, -0.05) is 13.8 Å². The number of hydrogen-bond donors (Lipinski definition) is 2. The Kier molecular flexibility index (Phi) is 6.57. The van der Waals surface area contributed by atoms with E-state index in [1.807, 2.05) is 36.4 Å². The second-order valence-electron chi connectivity index (χ2n) is 8.21. The van der Waals surface area contributed by atoms with Gasteiger partial charge in [0.25, 0.3) is 5.91 Å². The first-order valence-electron chi connectivity index (χ1n) is 10.1. The van der Waals surface area contributed by atoms with Crippen molar-refractivity contribution >= 4 is 23.0 Å². The maximum atomic E-state index is 12.5. The largest absolute Gasteiger partial charge is 0.385 e. The van der Waals surface area contributed by atoms with Crippen LogP contribution in [0.2, 0.25) is 0 Å². The topological polar surface area (TPSA) is 47.6 Å². The number of carbonyl (C=O) groups excluding carboxylic acids is 1. The first-order chi connectivity index (χ1) is 13.4. The second kappa shape index (κ2) is 9.11. The number of nitrogens with one attached hydrogen (secondary N) is 2. The van der Waals surface area contributed by atoms with Gasteiger partial charge in [-0.25, -0.2) is 0 Å². The van der Waals surface area contributed by atoms with Crippen LogP contribution in [-0.4, -0.2) is 50.6 Å². The molecule has 1 atom stereocenters. The Morgan fingerprint density at radius 2 is 1.71 bits per heavy atom. The first-order valence-corrected chi connectivity index (χ1v) is 10.1. The molecule has 0 aromatic heterocycles. The van der Waals surface area contributed by atoms with Crippen LogP contribution in [0.5, 0.6) is 0 Å². The van der Waals surface area contributed by atoms with E-state index < -0.39 is 0 Å². The van der Waals surface area contributed by atoms with Crippen LogP contribution >= 0.6 is 0 Å². The van der Waals surface area contributed by atoms with E-state index in [0.717, 1.165) is 31.0 Å². The summed E-state index contributed by atoms with van der Waals surface area (Å²) in [4.78, 5) is 17.2. The summed E-state index contributed by atoms with van der Waals surface area (Å²) in [5, 5.41) is 6.35. The van der Waals surface area contributed by atoms with Crippen molar-refractivity contribution in [2.24, 2.45) is 5.92 Å². The lowest BCUT2D eigenvalue weighted by Crippen LogP contribution is -2.31. The summed E-state index contributed by atoms with van der Waals surface area (Å²) in [6.07, 6.45) is 1.19. The summed E-state index contributed by atoms with van der Waals surface area (Å²) in [6.45, 7) is 7.39. The lowest BCUT2D eigenvalue weighted by molar-refractivity contribution is 0.102. The number of hydrogen-bond acceptors (Lipinski definition) is 4. The van der Waals surface area contributed by atoms with E-state index in [-0.39, 0.29) is 5.91 Å². The summed E-state index contributed by atoms with van der Waals surface area (Å²) in [6, 6.07) is 16.4. The molecule has 1 heterocycles. The first kappa shape index (κ1) is 20.2. The number of amides is 1. The van der Waals surface area contributed by atoms with E-state index in [1.54, 1.807) is 0 Å². The molecule has 1 saturated heterocycles. The second-order valence-corrected chi connectivity index (χ2v) is 8.21. The third-order valence-corrected chi connectivity index (χ3v) is 5.25. The quantitative estimate of drug-likeness (QED) is 0.758. The molecule has 2 aromatic rings. The van der Waals surface area contributed by atoms with Crippen LogP contribution < -0.4 is 15.5 Å². The van der Waals surface area contributed by atoms with Gasteiger partial charge in [0.1, 0.15) is 0 Å². The minimum Gasteiger partial charge on any atom is -0.385 e. The van der Waals surface area contributed by atoms with Gasteiger partial charge >= 0.3 is 0 Å². The number of likely N-dealkylation sites (N-methyl/N-ethyl adjacent to an activating group) is 1. The number of nitrogens with zero attached hydrogens (tertiary/aromatic N) is 2. The highest BCUT2D eigenvalue weighted by Crippen LogP contribution is 2.24. The fraction of sp³-hybridized carbons (Fsp3) is 0.435. The monoisotopic (exact) mass is 380 g/mol. The molecular weight excluding hydrogens is 348 g/mol. The van der Waals surface area contributed by atoms with Crippen LogP contribution in [-0.2, 0) is 0 Å². The number of rotatable bonds is 7. The molecule has 1 aliphatic rings. The number of carbonyl (C=O) groups is 1. The highest BCUT2D eigenvalue weighted by molar-refractivity contribution is 6.04. The molecule has 1 aliphatic heterocycles. The van der Waals surface area contributed by atoms with Gasteiger partial charge in [-0.2, -0.15) is 0 Å². The molecule has 1 unspecified atom stereocenters. The highest BCUT2D eigenvalue weighted by Gasteiger charge is 2.23. The summed E-state index contributed by atoms with van der Waals surface area (Å²) >= 11 is 0. The third-order valence-electron chi connectivity index (χ3n) is 5.25. The van der Waals surface area contributed by atoms with Gasteiger partial charge in [0.2, 0.25) is 0 Å². The molecular formula is C23H32N4O. The molecule has 0 spiro atoms. The molecule has 0 aliphatic carbocycles. The van der Waals surface area contributed by atoms with Crippen molar-refractivity contribution < 1.29 is 4.79 Å². The summed E-state index contributed by atoms with van der Waals surface area (Å²) in [5.41, 5.74) is 3.73. The van der Waals surface area contributed by atoms with Gasteiger partial charge in [-0.05, 0) is 75.0 Å². The van der Waals surface area contributed by atoms with Crippen LogP contribution in [0.15, 0.2) is 48.5 Å². The molecule has 1 fully saturated rings. The average molecular weight is 381 g/mol. The van der Waals surface area contributed by atoms with Crippen LogP contribution in [0.4, 0.5) is 17.1 Å². The van der Waals surface area contributed by atoms with Crippen LogP contribution in [0.1, 0.15) is 30.6 Å². The van der Waals surface area contributed by atoms with Gasteiger partial charge in [0, 0.05) is 48.3 Å². The van der Waals surface area contributed by atoms with E-state index in [1.165, 1.54) is 12.1 Å². The molecule has 150 valence electrons. The molecule has 2 N–H and O–H groups in total. The lowest BCUT2D eigenvalue weighted by atomic mass is 10.1. The standard InChI is InChI=1S/C23H32N4O/c1-17(2)15-24-19-7-5-18(6-8-19)23(28)25-20-9-11-21(12-10-20)27-14-13-22(16-27)26(3)4/h5-12,17,22,24H,13-16H2,1-4H3,(H,25,28). The van der Waals surface area contributed by atoms with E-state index in [9.17, 15) is 4.79 Å². The van der Waals surface area contributed by atoms with Crippen LogP contribution in [0.3, 0.4) is 0 Å². The molecule has 1 amide bonds. The SMILES string of the molecule is CC(C)CNc1ccc(C(=O)Nc2ccc(N3CCC(N(C)C)C3)cc2)cc1. The van der Waals surface area contributed by atoms with Gasteiger partial charge in [-0.15, -0.1) is 0 Å². The Morgan fingerprint density at radius 3 is 2.29 bits per heavy atom. The van der Waals surface area contributed by atoms with E-state index in [0.29, 0.717) is 17.5 Å². The Balaban J connectivity index is 1.56. The molecule has 28 heavy (non-hydrogen) atoms. The Bertz CT molecular complexity index is 768. The molecule has 5 nitrogen and oxygen atoms in total. The van der Waals surface area contributed by atoms with Crippen molar-refractivity contribution in [3.05, 3.63) is 54.1 Å². The Hall–Kier alpha value is -2.53. The molecule has 0 saturated carbocycles. The van der Waals surface area contributed by atoms with Gasteiger partial charge in [0.05, 0.1) is 0 Å². The van der Waals surface area contributed by atoms with E-state index in [4.69, 9.17) is 0 Å². The van der Waals surface area contributed by atoms with Crippen molar-refractivity contribution in [1.29, 1.82) is 0 Å². The number of benzene rings is 2. The Labute approximate surface area is 168 Å². The van der Waals surface area contributed by atoms with Gasteiger partial charge < -0.3 is 20.4 Å². The van der Waals surface area contributed by atoms with E-state index in [2.05, 4.69) is 60.5 Å². The third kappa shape index (κ3) is 5.26. The smallest absolute Gasteiger partial charge is 0.255 e. The van der Waals surface area contributed by atoms with Crippen molar-refractivity contribution in [3.8, 4) is 0 Å². The molecule has 3 rings (SSSR count). The fourth-order valence-electron chi connectivity index (χ4n) is 3.42. The van der Waals surface area contributed by atoms with Crippen molar-refractivity contribution in [2.75, 3.05) is 49.3 Å². The maximum absolute atomic E-state index is 12.5. The van der Waals surface area contributed by atoms with Gasteiger partial charge in [0.15, 0.2) is 0 Å². The molecule has 0 bridgehead atoms. The minimum absolute atomic E-state index is 0.0861. The molecule has 2 aromatic carbocycles. The number of anilines is 3. The highest BCUT2D eigenvalue weighted by atomic mass is 16.1. The van der Waals surface area contributed by atoms with Crippen LogP contribution in [0.25, 0.3) is 0 Å². The summed E-state index contributed by atoms with van der Waals surface area (Å²) in [7, 11) is 4.28. The maximum Gasteiger partial charge on any atom is 0.255 e. The Morgan fingerprint density at radius 1 is 1.07 bits per heavy atom. The van der Waals surface area contributed by atoms with E-state index >= 15 is 0 Å². The fourth-order valence-corrected chi connectivity index (χ4v) is 3.42. The normalized spacial score (nSPS) is 16.6. The summed E-state index contributed by atoms with van der Waals surface area (Å²) < 4.78 is 0. The summed E-state index contributed by atoms with van der Waals surface area (Å²) in [5.74, 6) is 0.497. The zero-order valence-electron chi connectivity index (χ0n) is 17.4. The van der Waals surface area contributed by atoms with Crippen LogP contribution in [0, 0.1) is 5.92 Å². The van der Waals surface area contributed by atoms with Crippen molar-refractivity contribution in [1.82, 2.24) is 4.90 Å². The predicted octanol–water partition coefficient (Wildman–Crippen LogP) is 4.15. The van der Waals surface area contributed by atoms with Crippen molar-refractivity contribution in [3.63, 3.8) is 0 Å². The average Bonchev–Trinajstić information content (AvgIpc) is 3.18. The molecule has 0 radical (unpaired) electrons. The zero-order valence-corrected chi connectivity index (χ0v) is 17.4. The van der Waals surface area contributed by atoms with Gasteiger partial charge in [-0.3, -0.25) is 4.79 Å². The predicted molar refractivity (Wildman–Crippen MR) is 118 cm³/mol. The van der Waals surface area contributed by atoms with Crippen molar-refractivity contribution in [2.45, 2.75) is 26.3 Å². The lowest BCUT2D eigenvalue weighted by Gasteiger charge is -2.22. The molecule has 5 heteroatoms. The minimum atomic E-state index is -0.0861.